The number of nitrogens with zero attached hydrogens (tertiary/aromatic N) is 1. The number of benzene rings is 1. The van der Waals surface area contributed by atoms with E-state index in [4.69, 9.17) is 5.73 Å². The zero-order valence-electron chi connectivity index (χ0n) is 10.7. The number of carbonyl (C=O) groups excluding carboxylic acids is 1. The molecule has 1 amide bonds. The van der Waals surface area contributed by atoms with Gasteiger partial charge in [0.1, 0.15) is 0 Å². The van der Waals surface area contributed by atoms with Crippen molar-refractivity contribution in [3.8, 4) is 0 Å². The third kappa shape index (κ3) is 4.04. The minimum absolute atomic E-state index is 0.124. The van der Waals surface area contributed by atoms with Gasteiger partial charge in [-0.2, -0.15) is 0 Å². The molecule has 1 aliphatic rings. The summed E-state index contributed by atoms with van der Waals surface area (Å²) in [5.41, 5.74) is 7.44. The van der Waals surface area contributed by atoms with Crippen LogP contribution < -0.4 is 11.1 Å². The Bertz CT molecular complexity index is 383. The highest BCUT2D eigenvalue weighted by atomic mass is 16.1. The van der Waals surface area contributed by atoms with Crippen LogP contribution in [0, 0.1) is 0 Å². The number of hydrogen-bond acceptors (Lipinski definition) is 3. The second-order valence-electron chi connectivity index (χ2n) is 4.82. The molecule has 2 rings (SSSR count). The molecule has 0 aromatic heterocycles. The highest BCUT2D eigenvalue weighted by Crippen LogP contribution is 2.08. The van der Waals surface area contributed by atoms with Gasteiger partial charge >= 0.3 is 0 Å². The lowest BCUT2D eigenvalue weighted by atomic mass is 10.2. The van der Waals surface area contributed by atoms with E-state index in [1.807, 2.05) is 24.3 Å². The molecule has 4 heteroatoms. The largest absolute Gasteiger partial charge is 0.399 e. The third-order valence-corrected chi connectivity index (χ3v) is 3.32. The van der Waals surface area contributed by atoms with Crippen LogP contribution in [-0.2, 0) is 11.3 Å². The quantitative estimate of drug-likeness (QED) is 0.773. The maximum Gasteiger partial charge on any atom is 0.221 e. The maximum absolute atomic E-state index is 11.7. The average molecular weight is 247 g/mol. The Morgan fingerprint density at radius 2 is 1.89 bits per heavy atom. The molecule has 98 valence electrons. The molecule has 1 aromatic carbocycles. The first kappa shape index (κ1) is 12.9. The van der Waals surface area contributed by atoms with Crippen molar-refractivity contribution in [1.82, 2.24) is 10.2 Å². The van der Waals surface area contributed by atoms with Gasteiger partial charge in [0, 0.05) is 25.2 Å². The van der Waals surface area contributed by atoms with Crippen LogP contribution in [0.1, 0.15) is 24.8 Å². The van der Waals surface area contributed by atoms with Gasteiger partial charge in [0.25, 0.3) is 0 Å². The van der Waals surface area contributed by atoms with E-state index >= 15 is 0 Å². The van der Waals surface area contributed by atoms with Crippen molar-refractivity contribution >= 4 is 11.6 Å². The fraction of sp³-hybridized carbons (Fsp3) is 0.500. The monoisotopic (exact) mass is 247 g/mol. The molecule has 0 unspecified atom stereocenters. The molecule has 18 heavy (non-hydrogen) atoms. The highest BCUT2D eigenvalue weighted by Gasteiger charge is 2.12. The lowest BCUT2D eigenvalue weighted by molar-refractivity contribution is -0.121. The van der Waals surface area contributed by atoms with Gasteiger partial charge in [-0.25, -0.2) is 0 Å². The molecule has 0 aliphatic carbocycles. The van der Waals surface area contributed by atoms with E-state index in [9.17, 15) is 4.79 Å². The zero-order chi connectivity index (χ0) is 12.8. The predicted octanol–water partition coefficient (Wildman–Crippen LogP) is 1.37. The normalized spacial score (nSPS) is 15.8. The summed E-state index contributed by atoms with van der Waals surface area (Å²) in [6, 6.07) is 7.59. The Morgan fingerprint density at radius 3 is 2.56 bits per heavy atom. The highest BCUT2D eigenvalue weighted by molar-refractivity contribution is 5.76. The molecule has 0 atom stereocenters. The Labute approximate surface area is 108 Å². The van der Waals surface area contributed by atoms with Gasteiger partial charge in [-0.05, 0) is 43.6 Å². The molecule has 1 saturated heterocycles. The standard InChI is InChI=1S/C14H21N3O/c15-13-5-3-12(4-6-13)11-16-14(18)7-10-17-8-1-2-9-17/h3-6H,1-2,7-11,15H2,(H,16,18). The maximum atomic E-state index is 11.7. The number of rotatable bonds is 5. The minimum Gasteiger partial charge on any atom is -0.399 e. The van der Waals surface area contributed by atoms with Gasteiger partial charge in [-0.1, -0.05) is 12.1 Å². The van der Waals surface area contributed by atoms with E-state index < -0.39 is 0 Å². The molecule has 1 heterocycles. The number of likely N-dealkylation sites (tertiary alicyclic amines) is 1. The van der Waals surface area contributed by atoms with Crippen molar-refractivity contribution in [3.63, 3.8) is 0 Å². The average Bonchev–Trinajstić information content (AvgIpc) is 2.89. The summed E-state index contributed by atoms with van der Waals surface area (Å²) < 4.78 is 0. The molecule has 0 spiro atoms. The van der Waals surface area contributed by atoms with E-state index in [2.05, 4.69) is 10.2 Å². The van der Waals surface area contributed by atoms with Crippen LogP contribution in [0.4, 0.5) is 5.69 Å². The van der Waals surface area contributed by atoms with Gasteiger partial charge in [0.2, 0.25) is 5.91 Å². The number of nitrogen functional groups attached to an aromatic ring is 1. The second-order valence-corrected chi connectivity index (χ2v) is 4.82. The van der Waals surface area contributed by atoms with Crippen LogP contribution in [0.5, 0.6) is 0 Å². The summed E-state index contributed by atoms with van der Waals surface area (Å²) in [5.74, 6) is 0.124. The van der Waals surface area contributed by atoms with Crippen LogP contribution >= 0.6 is 0 Å². The molecule has 1 aromatic rings. The van der Waals surface area contributed by atoms with E-state index in [0.29, 0.717) is 13.0 Å². The summed E-state index contributed by atoms with van der Waals surface area (Å²) >= 11 is 0. The molecule has 0 radical (unpaired) electrons. The van der Waals surface area contributed by atoms with Crippen LogP contribution in [0.3, 0.4) is 0 Å². The molecular weight excluding hydrogens is 226 g/mol. The first-order valence-electron chi connectivity index (χ1n) is 6.57. The Hall–Kier alpha value is -1.55. The van der Waals surface area contributed by atoms with Gasteiger partial charge in [0.15, 0.2) is 0 Å². The number of nitrogens with one attached hydrogen (secondary N) is 1. The summed E-state index contributed by atoms with van der Waals surface area (Å²) in [5, 5.41) is 2.94. The van der Waals surface area contributed by atoms with Crippen LogP contribution in [-0.4, -0.2) is 30.4 Å². The van der Waals surface area contributed by atoms with Crippen LogP contribution in [0.2, 0.25) is 0 Å². The van der Waals surface area contributed by atoms with E-state index in [1.165, 1.54) is 12.8 Å². The minimum atomic E-state index is 0.124. The lowest BCUT2D eigenvalue weighted by Crippen LogP contribution is -2.29. The topological polar surface area (TPSA) is 58.4 Å². The fourth-order valence-corrected chi connectivity index (χ4v) is 2.19. The Balaban J connectivity index is 1.66. The Kier molecular flexibility index (Phi) is 4.59. The zero-order valence-corrected chi connectivity index (χ0v) is 10.7. The van der Waals surface area contributed by atoms with Crippen molar-refractivity contribution in [2.24, 2.45) is 0 Å². The van der Waals surface area contributed by atoms with Crippen molar-refractivity contribution in [1.29, 1.82) is 0 Å². The Morgan fingerprint density at radius 1 is 1.22 bits per heavy atom. The van der Waals surface area contributed by atoms with Crippen LogP contribution in [0.15, 0.2) is 24.3 Å². The number of nitrogens with two attached hydrogens (primary N) is 1. The molecule has 0 bridgehead atoms. The van der Waals surface area contributed by atoms with Gasteiger partial charge in [0.05, 0.1) is 0 Å². The number of amides is 1. The molecule has 0 saturated carbocycles. The SMILES string of the molecule is Nc1ccc(CNC(=O)CCN2CCCC2)cc1. The van der Waals surface area contributed by atoms with Crippen molar-refractivity contribution in [2.45, 2.75) is 25.8 Å². The smallest absolute Gasteiger partial charge is 0.221 e. The van der Waals surface area contributed by atoms with Gasteiger partial charge in [-0.3, -0.25) is 4.79 Å². The van der Waals surface area contributed by atoms with E-state index in [-0.39, 0.29) is 5.91 Å². The third-order valence-electron chi connectivity index (χ3n) is 3.32. The first-order valence-corrected chi connectivity index (χ1v) is 6.57. The number of carbonyl (C=O) groups is 1. The van der Waals surface area contributed by atoms with Crippen molar-refractivity contribution in [2.75, 3.05) is 25.4 Å². The van der Waals surface area contributed by atoms with Crippen LogP contribution in [0.25, 0.3) is 0 Å². The van der Waals surface area contributed by atoms with Gasteiger partial charge < -0.3 is 16.0 Å². The molecule has 3 N–H and O–H groups in total. The molecule has 1 aliphatic heterocycles. The second kappa shape index (κ2) is 6.40. The summed E-state index contributed by atoms with van der Waals surface area (Å²) in [7, 11) is 0. The van der Waals surface area contributed by atoms with Gasteiger partial charge in [-0.15, -0.1) is 0 Å². The lowest BCUT2D eigenvalue weighted by Gasteiger charge is -2.13. The molecule has 1 fully saturated rings. The van der Waals surface area contributed by atoms with Crippen molar-refractivity contribution in [3.05, 3.63) is 29.8 Å². The molecule has 4 nitrogen and oxygen atoms in total. The summed E-state index contributed by atoms with van der Waals surface area (Å²) in [6.07, 6.45) is 3.13. The fourth-order valence-electron chi connectivity index (χ4n) is 2.19. The van der Waals surface area contributed by atoms with E-state index in [0.717, 1.165) is 30.9 Å². The number of anilines is 1. The first-order chi connectivity index (χ1) is 8.74. The van der Waals surface area contributed by atoms with E-state index in [1.54, 1.807) is 0 Å². The number of hydrogen-bond donors (Lipinski definition) is 2. The van der Waals surface area contributed by atoms with Crippen molar-refractivity contribution < 1.29 is 4.79 Å². The summed E-state index contributed by atoms with van der Waals surface area (Å²) in [6.45, 7) is 3.75. The summed E-state index contributed by atoms with van der Waals surface area (Å²) in [4.78, 5) is 14.0. The molecular formula is C14H21N3O. The predicted molar refractivity (Wildman–Crippen MR) is 73.0 cm³/mol.